The van der Waals surface area contributed by atoms with Gasteiger partial charge in [-0.15, -0.1) is 0 Å². The molecule has 43 heavy (non-hydrogen) atoms. The minimum Gasteiger partial charge on any atom is -0.451 e. The zero-order valence-corrected chi connectivity index (χ0v) is 24.8. The quantitative estimate of drug-likeness (QED) is 0.401. The molecule has 2 amide bonds. The monoisotopic (exact) mass is 584 g/mol. The SMILES string of the molecule is CC(C)n1nccc1-c1cc(F)ccc1Oc1cncnc1N1CCC2(CCN(CC3=CCC4(C)NC(=O)NC4=C3)C2)C1. The van der Waals surface area contributed by atoms with E-state index in [0.717, 1.165) is 69.2 Å². The number of carbonyl (C=O) groups excluding carboxylic acids is 1. The number of urea groups is 1. The zero-order chi connectivity index (χ0) is 29.8. The Bertz CT molecular complexity index is 1630. The Balaban J connectivity index is 1.06. The van der Waals surface area contributed by atoms with Crippen LogP contribution in [0.1, 0.15) is 46.1 Å². The molecule has 7 rings (SSSR count). The molecule has 2 N–H and O–H groups in total. The number of benzene rings is 1. The molecular formula is C32H37FN8O2. The Kier molecular flexibility index (Phi) is 6.72. The third-order valence-corrected chi connectivity index (χ3v) is 9.25. The van der Waals surface area contributed by atoms with Crippen molar-refractivity contribution in [2.75, 3.05) is 37.6 Å². The van der Waals surface area contributed by atoms with E-state index >= 15 is 0 Å². The zero-order valence-electron chi connectivity index (χ0n) is 24.8. The number of amides is 2. The summed E-state index contributed by atoms with van der Waals surface area (Å²) in [5.74, 6) is 1.49. The van der Waals surface area contributed by atoms with Gasteiger partial charge in [-0.05, 0) is 82.5 Å². The number of likely N-dealkylation sites (tertiary alicyclic amines) is 1. The second kappa shape index (κ2) is 10.5. The highest BCUT2D eigenvalue weighted by Gasteiger charge is 2.45. The first-order chi connectivity index (χ1) is 20.7. The van der Waals surface area contributed by atoms with Gasteiger partial charge >= 0.3 is 6.03 Å². The summed E-state index contributed by atoms with van der Waals surface area (Å²) < 4.78 is 22.7. The summed E-state index contributed by atoms with van der Waals surface area (Å²) in [5.41, 5.74) is 3.49. The normalized spacial score (nSPS) is 25.1. The van der Waals surface area contributed by atoms with Gasteiger partial charge in [-0.25, -0.2) is 19.2 Å². The average Bonchev–Trinajstić information content (AvgIpc) is 3.77. The summed E-state index contributed by atoms with van der Waals surface area (Å²) in [6.45, 7) is 10.8. The first-order valence-electron chi connectivity index (χ1n) is 15.0. The van der Waals surface area contributed by atoms with Gasteiger partial charge in [-0.1, -0.05) is 6.08 Å². The molecule has 1 aromatic carbocycles. The average molecular weight is 585 g/mol. The lowest BCUT2D eigenvalue weighted by molar-refractivity contribution is 0.245. The topological polar surface area (TPSA) is 100 Å². The lowest BCUT2D eigenvalue weighted by Gasteiger charge is -2.29. The molecule has 11 heteroatoms. The van der Waals surface area contributed by atoms with Crippen molar-refractivity contribution >= 4 is 11.8 Å². The molecule has 3 saturated heterocycles. The van der Waals surface area contributed by atoms with Crippen LogP contribution in [0.2, 0.25) is 0 Å². The van der Waals surface area contributed by atoms with Crippen molar-refractivity contribution in [3.05, 3.63) is 72.2 Å². The van der Waals surface area contributed by atoms with Crippen molar-refractivity contribution in [2.45, 2.75) is 51.6 Å². The van der Waals surface area contributed by atoms with Gasteiger partial charge in [0.05, 0.1) is 17.4 Å². The van der Waals surface area contributed by atoms with E-state index in [4.69, 9.17) is 4.74 Å². The van der Waals surface area contributed by atoms with E-state index in [0.29, 0.717) is 17.1 Å². The fourth-order valence-corrected chi connectivity index (χ4v) is 6.99. The van der Waals surface area contributed by atoms with Crippen LogP contribution in [0.25, 0.3) is 11.3 Å². The van der Waals surface area contributed by atoms with Crippen molar-refractivity contribution in [3.8, 4) is 22.8 Å². The molecule has 0 radical (unpaired) electrons. The molecule has 1 aliphatic carbocycles. The largest absolute Gasteiger partial charge is 0.451 e. The summed E-state index contributed by atoms with van der Waals surface area (Å²) in [4.78, 5) is 25.6. The Morgan fingerprint density at radius 2 is 2.00 bits per heavy atom. The first-order valence-corrected chi connectivity index (χ1v) is 15.0. The van der Waals surface area contributed by atoms with Crippen molar-refractivity contribution in [1.82, 2.24) is 35.3 Å². The highest BCUT2D eigenvalue weighted by Crippen LogP contribution is 2.44. The molecule has 0 saturated carbocycles. The smallest absolute Gasteiger partial charge is 0.319 e. The molecule has 10 nitrogen and oxygen atoms in total. The van der Waals surface area contributed by atoms with Crippen LogP contribution in [-0.2, 0) is 0 Å². The first kappa shape index (κ1) is 27.6. The van der Waals surface area contributed by atoms with Crippen LogP contribution in [-0.4, -0.2) is 68.9 Å². The number of aromatic nitrogens is 4. The summed E-state index contributed by atoms with van der Waals surface area (Å²) in [6.07, 6.45) is 12.3. The Morgan fingerprint density at radius 3 is 2.86 bits per heavy atom. The number of anilines is 1. The summed E-state index contributed by atoms with van der Waals surface area (Å²) in [5, 5.41) is 10.4. The van der Waals surface area contributed by atoms with E-state index in [2.05, 4.69) is 54.6 Å². The highest BCUT2D eigenvalue weighted by molar-refractivity contribution is 5.82. The number of nitrogens with zero attached hydrogens (tertiary/aromatic N) is 6. The van der Waals surface area contributed by atoms with Gasteiger partial charge < -0.3 is 20.3 Å². The lowest BCUT2D eigenvalue weighted by Crippen LogP contribution is -2.40. The third-order valence-electron chi connectivity index (χ3n) is 9.25. The van der Waals surface area contributed by atoms with Crippen LogP contribution in [0.15, 0.2) is 66.4 Å². The van der Waals surface area contributed by atoms with Gasteiger partial charge in [-0.3, -0.25) is 9.58 Å². The minimum atomic E-state index is -0.338. The maximum Gasteiger partial charge on any atom is 0.319 e. The van der Waals surface area contributed by atoms with E-state index in [1.165, 1.54) is 17.7 Å². The molecule has 3 aliphatic heterocycles. The van der Waals surface area contributed by atoms with E-state index in [1.807, 2.05) is 24.6 Å². The maximum atomic E-state index is 14.4. The molecular weight excluding hydrogens is 547 g/mol. The molecule has 0 bridgehead atoms. The minimum absolute atomic E-state index is 0.107. The van der Waals surface area contributed by atoms with E-state index in [-0.39, 0.29) is 28.8 Å². The second-order valence-corrected chi connectivity index (χ2v) is 12.8. The van der Waals surface area contributed by atoms with Crippen LogP contribution in [0, 0.1) is 11.2 Å². The maximum absolute atomic E-state index is 14.4. The van der Waals surface area contributed by atoms with Crippen molar-refractivity contribution < 1.29 is 13.9 Å². The fraction of sp³-hybridized carbons (Fsp3) is 0.438. The molecule has 5 heterocycles. The predicted octanol–water partition coefficient (Wildman–Crippen LogP) is 5.04. The van der Waals surface area contributed by atoms with Crippen molar-refractivity contribution in [3.63, 3.8) is 0 Å². The Hall–Kier alpha value is -4.25. The number of nitrogens with one attached hydrogen (secondary N) is 2. The molecule has 1 spiro atoms. The van der Waals surface area contributed by atoms with Gasteiger partial charge in [-0.2, -0.15) is 5.10 Å². The predicted molar refractivity (Wildman–Crippen MR) is 161 cm³/mol. The number of carbonyl (C=O) groups is 1. The second-order valence-electron chi connectivity index (χ2n) is 12.8. The van der Waals surface area contributed by atoms with E-state index in [1.54, 1.807) is 24.8 Å². The third kappa shape index (κ3) is 5.15. The molecule has 4 aliphatic rings. The number of hydrogen-bond acceptors (Lipinski definition) is 7. The number of hydrogen-bond donors (Lipinski definition) is 2. The van der Waals surface area contributed by atoms with Crippen LogP contribution >= 0.6 is 0 Å². The number of ether oxygens (including phenoxy) is 1. The Labute approximate surface area is 250 Å². The van der Waals surface area contributed by atoms with Crippen LogP contribution in [0.4, 0.5) is 15.0 Å². The van der Waals surface area contributed by atoms with Gasteiger partial charge in [0.1, 0.15) is 17.9 Å². The molecule has 2 aromatic heterocycles. The summed E-state index contributed by atoms with van der Waals surface area (Å²) in [6, 6.07) is 6.41. The van der Waals surface area contributed by atoms with Crippen LogP contribution in [0.5, 0.6) is 11.5 Å². The standard InChI is InChI=1S/C32H37FN8O2/c1-21(2)41-25(7-11-36-41)24-15-23(33)4-5-26(24)43-27-16-34-20-35-29(27)40-13-10-32(19-40)9-12-39(18-32)17-22-6-8-31(3)28(14-22)37-30(42)38-31/h4-7,11,14-16,20-21H,8-10,12-13,17-19H2,1-3H3,(H2,37,38,42). The molecule has 2 atom stereocenters. The fourth-order valence-electron chi connectivity index (χ4n) is 6.99. The van der Waals surface area contributed by atoms with Crippen molar-refractivity contribution in [1.29, 1.82) is 0 Å². The molecule has 2 unspecified atom stereocenters. The molecule has 3 fully saturated rings. The Morgan fingerprint density at radius 1 is 1.14 bits per heavy atom. The molecule has 3 aromatic rings. The van der Waals surface area contributed by atoms with Gasteiger partial charge in [0.25, 0.3) is 0 Å². The molecule has 224 valence electrons. The lowest BCUT2D eigenvalue weighted by atomic mass is 9.86. The van der Waals surface area contributed by atoms with Gasteiger partial charge in [0.15, 0.2) is 11.6 Å². The van der Waals surface area contributed by atoms with E-state index in [9.17, 15) is 9.18 Å². The number of rotatable bonds is 7. The number of halogens is 1. The highest BCUT2D eigenvalue weighted by atomic mass is 19.1. The van der Waals surface area contributed by atoms with Gasteiger partial charge in [0.2, 0.25) is 0 Å². The number of fused-ring (bicyclic) bond motifs is 1. The summed E-state index contributed by atoms with van der Waals surface area (Å²) in [7, 11) is 0. The van der Waals surface area contributed by atoms with Crippen LogP contribution < -0.4 is 20.3 Å². The van der Waals surface area contributed by atoms with Crippen LogP contribution in [0.3, 0.4) is 0 Å². The summed E-state index contributed by atoms with van der Waals surface area (Å²) >= 11 is 0. The van der Waals surface area contributed by atoms with Gasteiger partial charge in [0, 0.05) is 55.1 Å². The van der Waals surface area contributed by atoms with E-state index < -0.39 is 0 Å². The van der Waals surface area contributed by atoms with Crippen molar-refractivity contribution in [2.24, 2.45) is 5.41 Å².